The molecule has 1 heterocycles. The summed E-state index contributed by atoms with van der Waals surface area (Å²) in [5.74, 6) is -3.44. The summed E-state index contributed by atoms with van der Waals surface area (Å²) < 4.78 is 42.4. The molecule has 2 amide bonds. The summed E-state index contributed by atoms with van der Waals surface area (Å²) in [5, 5.41) is 21.5. The standard InChI is InChI=1S/C24H20F3N5O5/c1-37-18-9-8-16(19(32-18)22(34)31-14-5-2-12(3-6-14)20(28)29)15-7-4-13(10-17(15)23(35)36)21(33)30-11-24(25,26)27/h2-10H,11H2,1H3,(H3,28,29)(H,30,33)(H,31,34)(H,35,36). The number of alkyl halides is 3. The number of pyridine rings is 1. The normalized spacial score (nSPS) is 10.9. The van der Waals surface area contributed by atoms with Crippen molar-refractivity contribution in [2.24, 2.45) is 5.73 Å². The monoisotopic (exact) mass is 515 g/mol. The molecule has 1 aromatic heterocycles. The molecule has 37 heavy (non-hydrogen) atoms. The van der Waals surface area contributed by atoms with Crippen LogP contribution < -0.4 is 21.1 Å². The number of nitrogens with two attached hydrogens (primary N) is 1. The van der Waals surface area contributed by atoms with Crippen LogP contribution in [-0.4, -0.2) is 53.5 Å². The van der Waals surface area contributed by atoms with Gasteiger partial charge >= 0.3 is 12.1 Å². The minimum absolute atomic E-state index is 0.00731. The number of hydrogen-bond acceptors (Lipinski definition) is 6. The van der Waals surface area contributed by atoms with Crippen molar-refractivity contribution in [3.63, 3.8) is 0 Å². The van der Waals surface area contributed by atoms with Gasteiger partial charge < -0.3 is 26.2 Å². The van der Waals surface area contributed by atoms with E-state index in [2.05, 4.69) is 10.3 Å². The van der Waals surface area contributed by atoms with E-state index in [1.165, 1.54) is 49.6 Å². The number of halogens is 3. The van der Waals surface area contributed by atoms with E-state index in [4.69, 9.17) is 15.9 Å². The van der Waals surface area contributed by atoms with Gasteiger partial charge in [-0.05, 0) is 48.0 Å². The molecule has 0 unspecified atom stereocenters. The summed E-state index contributed by atoms with van der Waals surface area (Å²) in [7, 11) is 1.32. The van der Waals surface area contributed by atoms with Crippen LogP contribution in [0.1, 0.15) is 36.8 Å². The number of carbonyl (C=O) groups is 3. The number of carbonyl (C=O) groups excluding carboxylic acids is 2. The van der Waals surface area contributed by atoms with E-state index >= 15 is 0 Å². The molecule has 0 aliphatic carbocycles. The molecule has 3 rings (SSSR count). The molecule has 0 aliphatic heterocycles. The maximum atomic E-state index is 13.1. The largest absolute Gasteiger partial charge is 0.481 e. The first-order valence-corrected chi connectivity index (χ1v) is 10.4. The zero-order valence-corrected chi connectivity index (χ0v) is 19.1. The van der Waals surface area contributed by atoms with Gasteiger partial charge in [0, 0.05) is 28.4 Å². The minimum Gasteiger partial charge on any atom is -0.481 e. The van der Waals surface area contributed by atoms with Crippen LogP contribution in [0.2, 0.25) is 0 Å². The summed E-state index contributed by atoms with van der Waals surface area (Å²) in [4.78, 5) is 41.4. The SMILES string of the molecule is COc1ccc(-c2ccc(C(=O)NCC(F)(F)F)cc2C(=O)O)c(C(=O)Nc2ccc(C(=N)N)cc2)n1. The molecule has 0 bridgehead atoms. The number of amidine groups is 1. The van der Waals surface area contributed by atoms with E-state index in [9.17, 15) is 32.7 Å². The number of amides is 2. The molecule has 0 radical (unpaired) electrons. The van der Waals surface area contributed by atoms with E-state index in [-0.39, 0.29) is 34.1 Å². The summed E-state index contributed by atoms with van der Waals surface area (Å²) in [6, 6.07) is 12.1. The molecule has 0 saturated carbocycles. The Morgan fingerprint density at radius 1 is 1.00 bits per heavy atom. The van der Waals surface area contributed by atoms with Gasteiger partial charge in [0.2, 0.25) is 5.88 Å². The smallest absolute Gasteiger partial charge is 0.405 e. The average molecular weight is 515 g/mol. The lowest BCUT2D eigenvalue weighted by molar-refractivity contribution is -0.123. The average Bonchev–Trinajstić information content (AvgIpc) is 2.86. The number of rotatable bonds is 8. The Morgan fingerprint density at radius 3 is 2.19 bits per heavy atom. The summed E-state index contributed by atoms with van der Waals surface area (Å²) in [6.07, 6.45) is -4.64. The quantitative estimate of drug-likeness (QED) is 0.227. The predicted octanol–water partition coefficient (Wildman–Crippen LogP) is 3.28. The molecule has 2 aromatic carbocycles. The fourth-order valence-electron chi connectivity index (χ4n) is 3.25. The molecule has 0 atom stereocenters. The number of hydrogen-bond donors (Lipinski definition) is 5. The summed E-state index contributed by atoms with van der Waals surface area (Å²) >= 11 is 0. The van der Waals surface area contributed by atoms with Crippen LogP contribution in [0.4, 0.5) is 18.9 Å². The zero-order chi connectivity index (χ0) is 27.3. The van der Waals surface area contributed by atoms with E-state index in [1.807, 2.05) is 0 Å². The van der Waals surface area contributed by atoms with Crippen LogP contribution >= 0.6 is 0 Å². The highest BCUT2D eigenvalue weighted by atomic mass is 19.4. The molecule has 13 heteroatoms. The van der Waals surface area contributed by atoms with Crippen molar-refractivity contribution in [1.82, 2.24) is 10.3 Å². The third-order valence-electron chi connectivity index (χ3n) is 5.00. The van der Waals surface area contributed by atoms with Crippen LogP contribution in [0.5, 0.6) is 5.88 Å². The van der Waals surface area contributed by atoms with E-state index in [0.717, 1.165) is 12.1 Å². The fourth-order valence-corrected chi connectivity index (χ4v) is 3.25. The van der Waals surface area contributed by atoms with Gasteiger partial charge in [-0.3, -0.25) is 15.0 Å². The molecule has 192 valence electrons. The number of nitrogens with zero attached hydrogens (tertiary/aromatic N) is 1. The van der Waals surface area contributed by atoms with Crippen LogP contribution in [-0.2, 0) is 0 Å². The molecule has 0 spiro atoms. The molecule has 6 N–H and O–H groups in total. The molecular weight excluding hydrogens is 495 g/mol. The first-order chi connectivity index (χ1) is 17.4. The Kier molecular flexibility index (Phi) is 7.76. The summed E-state index contributed by atoms with van der Waals surface area (Å²) in [5.41, 5.74) is 5.28. The van der Waals surface area contributed by atoms with Gasteiger partial charge in [0.05, 0.1) is 12.7 Å². The number of carboxylic acids is 1. The van der Waals surface area contributed by atoms with Crippen LogP contribution in [0, 0.1) is 5.41 Å². The van der Waals surface area contributed by atoms with Crippen molar-refractivity contribution < 1.29 is 37.4 Å². The van der Waals surface area contributed by atoms with Crippen molar-refractivity contribution in [1.29, 1.82) is 5.41 Å². The van der Waals surface area contributed by atoms with Gasteiger partial charge in [-0.2, -0.15) is 13.2 Å². The first-order valence-electron chi connectivity index (χ1n) is 10.4. The first kappa shape index (κ1) is 26.7. The van der Waals surface area contributed by atoms with E-state index in [1.54, 1.807) is 5.32 Å². The highest BCUT2D eigenvalue weighted by Crippen LogP contribution is 2.30. The van der Waals surface area contributed by atoms with Crippen LogP contribution in [0.3, 0.4) is 0 Å². The summed E-state index contributed by atoms with van der Waals surface area (Å²) in [6.45, 7) is -1.59. The number of benzene rings is 2. The number of ether oxygens (including phenoxy) is 1. The highest BCUT2D eigenvalue weighted by molar-refractivity contribution is 6.10. The van der Waals surface area contributed by atoms with Gasteiger partial charge in [0.1, 0.15) is 18.1 Å². The highest BCUT2D eigenvalue weighted by Gasteiger charge is 2.28. The fraction of sp³-hybridized carbons (Fsp3) is 0.125. The van der Waals surface area contributed by atoms with Gasteiger partial charge in [0.25, 0.3) is 11.8 Å². The molecule has 10 nitrogen and oxygen atoms in total. The second-order valence-electron chi connectivity index (χ2n) is 7.56. The number of methoxy groups -OCH3 is 1. The Bertz CT molecular complexity index is 1370. The maximum Gasteiger partial charge on any atom is 0.405 e. The molecular formula is C24H20F3N5O5. The number of carboxylic acid groups (broad SMARTS) is 1. The van der Waals surface area contributed by atoms with Crippen LogP contribution in [0.25, 0.3) is 11.1 Å². The zero-order valence-electron chi connectivity index (χ0n) is 19.1. The number of aromatic carboxylic acids is 1. The number of anilines is 1. The minimum atomic E-state index is -4.64. The molecule has 0 saturated heterocycles. The third-order valence-corrected chi connectivity index (χ3v) is 5.00. The predicted molar refractivity (Wildman–Crippen MR) is 127 cm³/mol. The molecule has 0 fully saturated rings. The Labute approximate surface area is 207 Å². The second kappa shape index (κ2) is 10.8. The van der Waals surface area contributed by atoms with Gasteiger partial charge in [-0.1, -0.05) is 6.07 Å². The maximum absolute atomic E-state index is 13.1. The lowest BCUT2D eigenvalue weighted by atomic mass is 9.95. The molecule has 0 aliphatic rings. The van der Waals surface area contributed by atoms with Crippen molar-refractivity contribution in [3.05, 3.63) is 77.0 Å². The van der Waals surface area contributed by atoms with Crippen molar-refractivity contribution in [2.45, 2.75) is 6.18 Å². The Hall–Kier alpha value is -4.94. The number of aromatic nitrogens is 1. The Morgan fingerprint density at radius 2 is 1.62 bits per heavy atom. The third kappa shape index (κ3) is 6.60. The van der Waals surface area contributed by atoms with Crippen molar-refractivity contribution in [3.8, 4) is 17.0 Å². The van der Waals surface area contributed by atoms with Crippen molar-refractivity contribution in [2.75, 3.05) is 19.0 Å². The second-order valence-corrected chi connectivity index (χ2v) is 7.56. The van der Waals surface area contributed by atoms with Crippen molar-refractivity contribution >= 4 is 29.3 Å². The van der Waals surface area contributed by atoms with E-state index < -0.39 is 36.1 Å². The van der Waals surface area contributed by atoms with E-state index in [0.29, 0.717) is 11.3 Å². The Balaban J connectivity index is 2.01. The molecule has 3 aromatic rings. The topological polar surface area (TPSA) is 167 Å². The number of nitrogens with one attached hydrogen (secondary N) is 3. The van der Waals surface area contributed by atoms with Crippen LogP contribution in [0.15, 0.2) is 54.6 Å². The lowest BCUT2D eigenvalue weighted by Gasteiger charge is -2.14. The lowest BCUT2D eigenvalue weighted by Crippen LogP contribution is -2.33. The number of nitrogen functional groups attached to an aromatic ring is 1. The van der Waals surface area contributed by atoms with Gasteiger partial charge in [0.15, 0.2) is 0 Å². The van der Waals surface area contributed by atoms with Gasteiger partial charge in [-0.15, -0.1) is 0 Å². The van der Waals surface area contributed by atoms with Gasteiger partial charge in [-0.25, -0.2) is 9.78 Å².